The number of aromatic nitrogens is 1. The number of hydrogen-bond donors (Lipinski definition) is 1. The molecule has 0 bridgehead atoms. The Kier molecular flexibility index (Phi) is 5.10. The molecule has 2 aromatic heterocycles. The summed E-state index contributed by atoms with van der Waals surface area (Å²) in [4.78, 5) is 18.8. The molecule has 2 heterocycles. The van der Waals surface area contributed by atoms with Crippen LogP contribution in [0.15, 0.2) is 65.1 Å². The van der Waals surface area contributed by atoms with Crippen molar-refractivity contribution >= 4 is 29.0 Å². The van der Waals surface area contributed by atoms with Crippen molar-refractivity contribution in [2.24, 2.45) is 0 Å². The normalized spacial score (nSPS) is 10.5. The van der Waals surface area contributed by atoms with Gasteiger partial charge >= 0.3 is 0 Å². The molecular weight excluding hydrogens is 324 g/mol. The maximum absolute atomic E-state index is 12.4. The minimum absolute atomic E-state index is 0.0588. The molecule has 0 saturated heterocycles. The summed E-state index contributed by atoms with van der Waals surface area (Å²) in [6, 6.07) is 13.8. The molecule has 5 heteroatoms. The first-order chi connectivity index (χ1) is 11.3. The summed E-state index contributed by atoms with van der Waals surface area (Å²) in [5.74, 6) is -0.0588. The Morgan fingerprint density at radius 3 is 2.87 bits per heavy atom. The zero-order valence-corrected chi connectivity index (χ0v) is 14.3. The molecule has 3 rings (SSSR count). The number of carbonyl (C=O) groups excluding carboxylic acids is 1. The highest BCUT2D eigenvalue weighted by Crippen LogP contribution is 2.24. The lowest BCUT2D eigenvalue weighted by Gasteiger charge is -2.09. The van der Waals surface area contributed by atoms with Crippen LogP contribution in [0.2, 0.25) is 0 Å². The number of benzene rings is 1. The maximum Gasteiger partial charge on any atom is 0.252 e. The highest BCUT2D eigenvalue weighted by molar-refractivity contribution is 7.98. The Balaban J connectivity index is 1.71. The number of pyridine rings is 1. The molecule has 0 fully saturated rings. The highest BCUT2D eigenvalue weighted by Gasteiger charge is 2.10. The van der Waals surface area contributed by atoms with E-state index in [2.05, 4.69) is 22.4 Å². The number of rotatable bonds is 5. The number of carbonyl (C=O) groups is 1. The number of thioether (sulfide) groups is 1. The zero-order valence-electron chi connectivity index (χ0n) is 12.7. The van der Waals surface area contributed by atoms with Gasteiger partial charge in [0.1, 0.15) is 0 Å². The summed E-state index contributed by atoms with van der Waals surface area (Å²) in [6.45, 7) is 0.466. The fraction of sp³-hybridized carbons (Fsp3) is 0.111. The van der Waals surface area contributed by atoms with Crippen molar-refractivity contribution in [2.45, 2.75) is 11.4 Å². The lowest BCUT2D eigenvalue weighted by atomic mass is 10.1. The topological polar surface area (TPSA) is 42.0 Å². The fourth-order valence-electron chi connectivity index (χ4n) is 2.27. The van der Waals surface area contributed by atoms with E-state index in [4.69, 9.17) is 0 Å². The van der Waals surface area contributed by atoms with Crippen LogP contribution < -0.4 is 5.32 Å². The van der Waals surface area contributed by atoms with Crippen molar-refractivity contribution in [2.75, 3.05) is 6.26 Å². The Morgan fingerprint density at radius 2 is 2.09 bits per heavy atom. The van der Waals surface area contributed by atoms with Crippen LogP contribution in [0.4, 0.5) is 0 Å². The third kappa shape index (κ3) is 3.81. The second-order valence-electron chi connectivity index (χ2n) is 4.94. The van der Waals surface area contributed by atoms with E-state index in [0.29, 0.717) is 12.1 Å². The molecule has 1 N–H and O–H groups in total. The van der Waals surface area contributed by atoms with Crippen LogP contribution in [0.5, 0.6) is 0 Å². The molecule has 0 unspecified atom stereocenters. The minimum atomic E-state index is -0.0588. The highest BCUT2D eigenvalue weighted by atomic mass is 32.2. The molecule has 3 nitrogen and oxygen atoms in total. The molecular formula is C18H16N2OS2. The SMILES string of the molecule is CSc1ccccc1C(=O)NCc1cncc(-c2cccs2)c1. The molecule has 23 heavy (non-hydrogen) atoms. The first-order valence-electron chi connectivity index (χ1n) is 7.17. The number of hydrogen-bond acceptors (Lipinski definition) is 4. The number of nitrogens with one attached hydrogen (secondary N) is 1. The molecule has 0 aliphatic rings. The van der Waals surface area contributed by atoms with Crippen LogP contribution in [-0.4, -0.2) is 17.1 Å². The van der Waals surface area contributed by atoms with Crippen molar-refractivity contribution in [1.29, 1.82) is 0 Å². The van der Waals surface area contributed by atoms with E-state index in [-0.39, 0.29) is 5.91 Å². The number of thiophene rings is 1. The standard InChI is InChI=1S/C18H16N2OS2/c1-22-17-6-3-2-5-15(17)18(21)20-11-13-9-14(12-19-10-13)16-7-4-8-23-16/h2-10,12H,11H2,1H3,(H,20,21). The quantitative estimate of drug-likeness (QED) is 0.697. The van der Waals surface area contributed by atoms with Crippen molar-refractivity contribution in [3.8, 4) is 10.4 Å². The zero-order chi connectivity index (χ0) is 16.1. The van der Waals surface area contributed by atoms with E-state index in [0.717, 1.165) is 16.0 Å². The van der Waals surface area contributed by atoms with Gasteiger partial charge in [0.2, 0.25) is 0 Å². The van der Waals surface area contributed by atoms with E-state index in [1.807, 2.05) is 48.2 Å². The molecule has 0 spiro atoms. The van der Waals surface area contributed by atoms with Crippen LogP contribution in [0.25, 0.3) is 10.4 Å². The summed E-state index contributed by atoms with van der Waals surface area (Å²) in [6.07, 6.45) is 5.61. The second kappa shape index (κ2) is 7.44. The van der Waals surface area contributed by atoms with Gasteiger partial charge in [0.05, 0.1) is 5.56 Å². The molecule has 0 saturated carbocycles. The average molecular weight is 340 g/mol. The Hall–Kier alpha value is -2.11. The van der Waals surface area contributed by atoms with E-state index in [1.54, 1.807) is 29.3 Å². The number of amides is 1. The predicted molar refractivity (Wildman–Crippen MR) is 96.9 cm³/mol. The molecule has 0 aliphatic carbocycles. The lowest BCUT2D eigenvalue weighted by molar-refractivity contribution is 0.0948. The summed E-state index contributed by atoms with van der Waals surface area (Å²) in [5.41, 5.74) is 2.78. The van der Waals surface area contributed by atoms with Gasteiger partial charge in [0.15, 0.2) is 0 Å². The van der Waals surface area contributed by atoms with Gasteiger partial charge in [-0.2, -0.15) is 0 Å². The Bertz CT molecular complexity index is 800. The Labute approximate surface area is 143 Å². The smallest absolute Gasteiger partial charge is 0.252 e. The van der Waals surface area contributed by atoms with Gasteiger partial charge in [-0.3, -0.25) is 9.78 Å². The van der Waals surface area contributed by atoms with Crippen molar-refractivity contribution < 1.29 is 4.79 Å². The van der Waals surface area contributed by atoms with E-state index < -0.39 is 0 Å². The number of nitrogens with zero attached hydrogens (tertiary/aromatic N) is 1. The van der Waals surface area contributed by atoms with Crippen LogP contribution in [0, 0.1) is 0 Å². The molecule has 0 atom stereocenters. The lowest BCUT2D eigenvalue weighted by Crippen LogP contribution is -2.23. The Morgan fingerprint density at radius 1 is 1.22 bits per heavy atom. The van der Waals surface area contributed by atoms with Gasteiger partial charge < -0.3 is 5.32 Å². The van der Waals surface area contributed by atoms with Crippen LogP contribution in [-0.2, 0) is 6.54 Å². The first-order valence-corrected chi connectivity index (χ1v) is 9.27. The van der Waals surface area contributed by atoms with Gasteiger partial charge in [-0.15, -0.1) is 23.1 Å². The summed E-state index contributed by atoms with van der Waals surface area (Å²) in [7, 11) is 0. The monoisotopic (exact) mass is 340 g/mol. The maximum atomic E-state index is 12.4. The third-order valence-electron chi connectivity index (χ3n) is 3.41. The third-order valence-corrected chi connectivity index (χ3v) is 5.12. The van der Waals surface area contributed by atoms with Crippen LogP contribution in [0.1, 0.15) is 15.9 Å². The summed E-state index contributed by atoms with van der Waals surface area (Å²) >= 11 is 3.26. The first kappa shape index (κ1) is 15.8. The van der Waals surface area contributed by atoms with E-state index in [9.17, 15) is 4.79 Å². The van der Waals surface area contributed by atoms with Gasteiger partial charge in [-0.25, -0.2) is 0 Å². The molecule has 0 aliphatic heterocycles. The van der Waals surface area contributed by atoms with Crippen LogP contribution >= 0.6 is 23.1 Å². The molecule has 0 radical (unpaired) electrons. The van der Waals surface area contributed by atoms with Gasteiger partial charge in [0.25, 0.3) is 5.91 Å². The molecule has 1 aromatic carbocycles. The molecule has 1 amide bonds. The van der Waals surface area contributed by atoms with Crippen LogP contribution in [0.3, 0.4) is 0 Å². The molecule has 3 aromatic rings. The molecule has 116 valence electrons. The second-order valence-corrected chi connectivity index (χ2v) is 6.74. The van der Waals surface area contributed by atoms with Crippen molar-refractivity contribution in [3.05, 3.63) is 71.4 Å². The van der Waals surface area contributed by atoms with Crippen molar-refractivity contribution in [1.82, 2.24) is 10.3 Å². The van der Waals surface area contributed by atoms with E-state index >= 15 is 0 Å². The fourth-order valence-corrected chi connectivity index (χ4v) is 3.58. The summed E-state index contributed by atoms with van der Waals surface area (Å²) in [5, 5.41) is 5.02. The van der Waals surface area contributed by atoms with Gasteiger partial charge in [0, 0.05) is 34.3 Å². The average Bonchev–Trinajstić information content (AvgIpc) is 3.14. The largest absolute Gasteiger partial charge is 0.348 e. The van der Waals surface area contributed by atoms with Gasteiger partial charge in [-0.1, -0.05) is 18.2 Å². The van der Waals surface area contributed by atoms with Gasteiger partial charge in [-0.05, 0) is 41.5 Å². The predicted octanol–water partition coefficient (Wildman–Crippen LogP) is 4.46. The summed E-state index contributed by atoms with van der Waals surface area (Å²) < 4.78 is 0. The van der Waals surface area contributed by atoms with E-state index in [1.165, 1.54) is 4.88 Å². The van der Waals surface area contributed by atoms with Crippen molar-refractivity contribution in [3.63, 3.8) is 0 Å². The minimum Gasteiger partial charge on any atom is -0.348 e.